The minimum absolute atomic E-state index is 0.107. The van der Waals surface area contributed by atoms with Crippen LogP contribution in [0.25, 0.3) is 11.1 Å². The van der Waals surface area contributed by atoms with Crippen molar-refractivity contribution < 1.29 is 8.42 Å². The van der Waals surface area contributed by atoms with E-state index < -0.39 is 10.0 Å². The van der Waals surface area contributed by atoms with Crippen LogP contribution in [0, 0.1) is 0 Å². The third kappa shape index (κ3) is 3.65. The van der Waals surface area contributed by atoms with Crippen molar-refractivity contribution in [3.63, 3.8) is 0 Å². The first-order valence-electron chi connectivity index (χ1n) is 8.44. The molecule has 1 aliphatic heterocycles. The molecule has 1 aliphatic rings. The molecule has 2 aromatic carbocycles. The number of nitrogens with zero attached hydrogens (tertiary/aromatic N) is 2. The third-order valence-electron chi connectivity index (χ3n) is 4.45. The molecule has 134 valence electrons. The highest BCUT2D eigenvalue weighted by atomic mass is 32.2. The highest BCUT2D eigenvalue weighted by Crippen LogP contribution is 2.25. The Bertz CT molecular complexity index is 973. The van der Waals surface area contributed by atoms with Gasteiger partial charge in [-0.2, -0.15) is 0 Å². The van der Waals surface area contributed by atoms with Gasteiger partial charge in [0.15, 0.2) is 5.13 Å². The van der Waals surface area contributed by atoms with E-state index in [1.807, 2.05) is 41.8 Å². The summed E-state index contributed by atoms with van der Waals surface area (Å²) in [6, 6.07) is 16.8. The summed E-state index contributed by atoms with van der Waals surface area (Å²) in [6.07, 6.45) is 2.55. The van der Waals surface area contributed by atoms with Crippen LogP contribution in [-0.2, 0) is 10.0 Å². The van der Waals surface area contributed by atoms with Crippen molar-refractivity contribution in [1.29, 1.82) is 0 Å². The molecule has 1 fully saturated rings. The number of hydrogen-bond acceptors (Lipinski definition) is 5. The van der Waals surface area contributed by atoms with E-state index in [0.29, 0.717) is 11.4 Å². The molecule has 7 heteroatoms. The number of aromatic nitrogens is 1. The molecule has 0 spiro atoms. The number of anilines is 1. The van der Waals surface area contributed by atoms with Crippen LogP contribution in [0.15, 0.2) is 71.1 Å². The van der Waals surface area contributed by atoms with Crippen LogP contribution in [0.2, 0.25) is 0 Å². The van der Waals surface area contributed by atoms with Crippen LogP contribution in [0.4, 0.5) is 5.13 Å². The van der Waals surface area contributed by atoms with Gasteiger partial charge in [-0.05, 0) is 29.7 Å². The minimum Gasteiger partial charge on any atom is -0.346 e. The highest BCUT2D eigenvalue weighted by Gasteiger charge is 2.28. The van der Waals surface area contributed by atoms with E-state index in [4.69, 9.17) is 0 Å². The Morgan fingerprint density at radius 2 is 1.88 bits per heavy atom. The molecule has 0 bridgehead atoms. The maximum atomic E-state index is 12.8. The molecule has 26 heavy (non-hydrogen) atoms. The highest BCUT2D eigenvalue weighted by molar-refractivity contribution is 7.89. The van der Waals surface area contributed by atoms with Gasteiger partial charge in [0.1, 0.15) is 0 Å². The minimum atomic E-state index is -3.56. The lowest BCUT2D eigenvalue weighted by molar-refractivity contribution is 0.561. The largest absolute Gasteiger partial charge is 0.346 e. The Labute approximate surface area is 157 Å². The molecule has 1 atom stereocenters. The maximum Gasteiger partial charge on any atom is 0.240 e. The predicted molar refractivity (Wildman–Crippen MR) is 105 cm³/mol. The number of nitrogens with one attached hydrogen (secondary N) is 1. The van der Waals surface area contributed by atoms with Crippen LogP contribution in [-0.4, -0.2) is 32.5 Å². The van der Waals surface area contributed by atoms with Crippen molar-refractivity contribution in [1.82, 2.24) is 9.71 Å². The van der Waals surface area contributed by atoms with Crippen molar-refractivity contribution >= 4 is 26.5 Å². The van der Waals surface area contributed by atoms with Crippen molar-refractivity contribution in [2.45, 2.75) is 17.4 Å². The van der Waals surface area contributed by atoms with Gasteiger partial charge in [0.2, 0.25) is 10.0 Å². The fourth-order valence-electron chi connectivity index (χ4n) is 3.16. The maximum absolute atomic E-state index is 12.8. The van der Waals surface area contributed by atoms with Crippen molar-refractivity contribution in [3.05, 3.63) is 66.2 Å². The number of sulfonamides is 1. The summed E-state index contributed by atoms with van der Waals surface area (Å²) < 4.78 is 28.5. The second-order valence-corrected chi connectivity index (χ2v) is 8.85. The second kappa shape index (κ2) is 7.19. The molecule has 1 saturated heterocycles. The van der Waals surface area contributed by atoms with Gasteiger partial charge in [0.25, 0.3) is 0 Å². The van der Waals surface area contributed by atoms with E-state index in [1.54, 1.807) is 35.7 Å². The van der Waals surface area contributed by atoms with E-state index in [0.717, 1.165) is 29.2 Å². The van der Waals surface area contributed by atoms with Crippen LogP contribution in [0.3, 0.4) is 0 Å². The second-order valence-electron chi connectivity index (χ2n) is 6.26. The van der Waals surface area contributed by atoms with E-state index in [1.165, 1.54) is 0 Å². The number of hydrogen-bond donors (Lipinski definition) is 1. The van der Waals surface area contributed by atoms with Gasteiger partial charge >= 0.3 is 0 Å². The van der Waals surface area contributed by atoms with Gasteiger partial charge in [-0.25, -0.2) is 18.1 Å². The zero-order chi connectivity index (χ0) is 18.0. The normalized spacial score (nSPS) is 17.5. The molecule has 1 N–H and O–H groups in total. The number of rotatable bonds is 5. The SMILES string of the molecule is O=S(=O)(NC1CCN(c2nccs2)C1)c1cccc(-c2ccccc2)c1. The lowest BCUT2D eigenvalue weighted by Crippen LogP contribution is -2.37. The average Bonchev–Trinajstić information content (AvgIpc) is 3.34. The Morgan fingerprint density at radius 1 is 1.08 bits per heavy atom. The van der Waals surface area contributed by atoms with E-state index in [9.17, 15) is 8.42 Å². The Balaban J connectivity index is 1.51. The molecular weight excluding hydrogens is 366 g/mol. The van der Waals surface area contributed by atoms with Gasteiger partial charge < -0.3 is 4.90 Å². The van der Waals surface area contributed by atoms with Gasteiger partial charge in [-0.15, -0.1) is 11.3 Å². The summed E-state index contributed by atoms with van der Waals surface area (Å²) in [5, 5.41) is 2.87. The molecule has 1 aromatic heterocycles. The molecule has 4 rings (SSSR count). The summed E-state index contributed by atoms with van der Waals surface area (Å²) in [5.41, 5.74) is 1.89. The van der Waals surface area contributed by atoms with Crippen molar-refractivity contribution in [2.75, 3.05) is 18.0 Å². The van der Waals surface area contributed by atoms with Crippen molar-refractivity contribution in [3.8, 4) is 11.1 Å². The molecule has 0 radical (unpaired) electrons. The molecule has 3 aromatic rings. The molecule has 0 amide bonds. The van der Waals surface area contributed by atoms with Gasteiger partial charge in [0.05, 0.1) is 4.90 Å². The lowest BCUT2D eigenvalue weighted by atomic mass is 10.1. The molecule has 0 saturated carbocycles. The summed E-state index contributed by atoms with van der Waals surface area (Å²) in [4.78, 5) is 6.72. The lowest BCUT2D eigenvalue weighted by Gasteiger charge is -2.16. The third-order valence-corrected chi connectivity index (χ3v) is 6.80. The monoisotopic (exact) mass is 385 g/mol. The van der Waals surface area contributed by atoms with E-state index >= 15 is 0 Å². The Hall–Kier alpha value is -2.22. The van der Waals surface area contributed by atoms with E-state index in [2.05, 4.69) is 14.6 Å². The Morgan fingerprint density at radius 3 is 2.65 bits per heavy atom. The van der Waals surface area contributed by atoms with Crippen molar-refractivity contribution in [2.24, 2.45) is 0 Å². The molecule has 0 aliphatic carbocycles. The summed E-state index contributed by atoms with van der Waals surface area (Å²) in [6.45, 7) is 1.45. The molecule has 5 nitrogen and oxygen atoms in total. The summed E-state index contributed by atoms with van der Waals surface area (Å²) in [5.74, 6) is 0. The van der Waals surface area contributed by atoms with E-state index in [-0.39, 0.29) is 6.04 Å². The predicted octanol–water partition coefficient (Wildman–Crippen LogP) is 3.37. The zero-order valence-corrected chi connectivity index (χ0v) is 15.7. The fourth-order valence-corrected chi connectivity index (χ4v) is 5.15. The Kier molecular flexibility index (Phi) is 4.76. The quantitative estimate of drug-likeness (QED) is 0.731. The summed E-state index contributed by atoms with van der Waals surface area (Å²) >= 11 is 1.57. The van der Waals surface area contributed by atoms with Gasteiger partial charge in [0, 0.05) is 30.7 Å². The topological polar surface area (TPSA) is 62.3 Å². The van der Waals surface area contributed by atoms with Crippen LogP contribution < -0.4 is 9.62 Å². The van der Waals surface area contributed by atoms with Gasteiger partial charge in [-0.1, -0.05) is 42.5 Å². The first kappa shape index (κ1) is 17.2. The number of thiazole rings is 1. The van der Waals surface area contributed by atoms with Crippen LogP contribution in [0.5, 0.6) is 0 Å². The molecule has 2 heterocycles. The average molecular weight is 386 g/mol. The van der Waals surface area contributed by atoms with Gasteiger partial charge in [-0.3, -0.25) is 0 Å². The first-order chi connectivity index (χ1) is 12.6. The summed E-state index contributed by atoms with van der Waals surface area (Å²) in [7, 11) is -3.56. The fraction of sp³-hybridized carbons (Fsp3) is 0.211. The molecular formula is C19H19N3O2S2. The van der Waals surface area contributed by atoms with Crippen LogP contribution in [0.1, 0.15) is 6.42 Å². The molecule has 1 unspecified atom stereocenters. The standard InChI is InChI=1S/C19H19N3O2S2/c23-26(24,21-17-9-11-22(14-17)19-20-10-12-25-19)18-8-4-7-16(13-18)15-5-2-1-3-6-15/h1-8,10,12-13,17,21H,9,11,14H2. The smallest absolute Gasteiger partial charge is 0.240 e. The first-order valence-corrected chi connectivity index (χ1v) is 10.8. The number of benzene rings is 2. The zero-order valence-electron chi connectivity index (χ0n) is 14.1. The van der Waals surface area contributed by atoms with Crippen LogP contribution >= 0.6 is 11.3 Å².